The summed E-state index contributed by atoms with van der Waals surface area (Å²) < 4.78 is 25.6. The molecule has 0 spiro atoms. The highest BCUT2D eigenvalue weighted by Gasteiger charge is 2.29. The summed E-state index contributed by atoms with van der Waals surface area (Å²) in [4.78, 5) is 0. The molecule has 0 atom stereocenters. The predicted octanol–water partition coefficient (Wildman–Crippen LogP) is 2.10. The van der Waals surface area contributed by atoms with Crippen LogP contribution in [0.25, 0.3) is 10.9 Å². The Morgan fingerprint density at radius 3 is 2.53 bits per heavy atom. The number of aromatic nitrogens is 2. The summed E-state index contributed by atoms with van der Waals surface area (Å²) in [6.07, 6.45) is 0. The van der Waals surface area contributed by atoms with Crippen LogP contribution in [0.1, 0.15) is 20.8 Å². The van der Waals surface area contributed by atoms with Gasteiger partial charge in [0.05, 0.1) is 10.3 Å². The van der Waals surface area contributed by atoms with Gasteiger partial charge in [-0.2, -0.15) is 5.10 Å². The van der Waals surface area contributed by atoms with Gasteiger partial charge in [0.2, 0.25) is 10.0 Å². The number of nitrogens with zero attached hydrogens (tertiary/aromatic N) is 1. The van der Waals surface area contributed by atoms with Gasteiger partial charge in [-0.25, -0.2) is 8.42 Å². The number of benzene rings is 1. The first-order valence-corrected chi connectivity index (χ1v) is 6.75. The summed E-state index contributed by atoms with van der Waals surface area (Å²) in [5, 5.41) is 7.53. The van der Waals surface area contributed by atoms with Crippen LogP contribution < -0.4 is 4.72 Å². The van der Waals surface area contributed by atoms with Gasteiger partial charge in [-0.3, -0.25) is 9.82 Å². The van der Waals surface area contributed by atoms with E-state index in [2.05, 4.69) is 14.9 Å². The van der Waals surface area contributed by atoms with Crippen LogP contribution in [0.5, 0.6) is 0 Å². The van der Waals surface area contributed by atoms with Crippen molar-refractivity contribution in [2.24, 2.45) is 0 Å². The number of aromatic amines is 1. The average molecular weight is 253 g/mol. The number of nitrogens with one attached hydrogen (secondary N) is 2. The molecule has 2 rings (SSSR count). The third-order valence-corrected chi connectivity index (χ3v) is 4.58. The van der Waals surface area contributed by atoms with E-state index in [0.717, 1.165) is 10.9 Å². The Hall–Kier alpha value is -1.56. The minimum atomic E-state index is -3.44. The molecule has 92 valence electrons. The molecule has 0 unspecified atom stereocenters. The van der Waals surface area contributed by atoms with Crippen LogP contribution in [0.2, 0.25) is 0 Å². The molecular formula is C11H15N3O2S. The van der Waals surface area contributed by atoms with Crippen LogP contribution in [0.4, 0.5) is 5.82 Å². The number of para-hydroxylation sites is 1. The average Bonchev–Trinajstić information content (AvgIpc) is 2.60. The summed E-state index contributed by atoms with van der Waals surface area (Å²) in [6.45, 7) is 4.93. The molecule has 0 fully saturated rings. The largest absolute Gasteiger partial charge is 0.276 e. The van der Waals surface area contributed by atoms with Gasteiger partial charge in [0, 0.05) is 5.39 Å². The van der Waals surface area contributed by atoms with Gasteiger partial charge < -0.3 is 0 Å². The first kappa shape index (κ1) is 11.9. The second-order valence-corrected chi connectivity index (χ2v) is 7.27. The summed E-state index contributed by atoms with van der Waals surface area (Å²) in [6, 6.07) is 7.37. The van der Waals surface area contributed by atoms with Crippen molar-refractivity contribution in [2.45, 2.75) is 25.5 Å². The molecule has 0 aliphatic rings. The first-order chi connectivity index (χ1) is 7.81. The van der Waals surface area contributed by atoms with Gasteiger partial charge in [-0.05, 0) is 32.9 Å². The number of sulfonamides is 1. The Balaban J connectivity index is 2.44. The fraction of sp³-hybridized carbons (Fsp3) is 0.364. The van der Waals surface area contributed by atoms with Crippen molar-refractivity contribution in [1.29, 1.82) is 0 Å². The third-order valence-electron chi connectivity index (χ3n) is 2.51. The zero-order valence-electron chi connectivity index (χ0n) is 9.98. The van der Waals surface area contributed by atoms with E-state index in [9.17, 15) is 8.42 Å². The Morgan fingerprint density at radius 2 is 1.88 bits per heavy atom. The molecule has 2 aromatic rings. The van der Waals surface area contributed by atoms with Crippen molar-refractivity contribution in [3.05, 3.63) is 24.3 Å². The first-order valence-electron chi connectivity index (χ1n) is 5.27. The fourth-order valence-electron chi connectivity index (χ4n) is 1.32. The monoisotopic (exact) mass is 253 g/mol. The highest BCUT2D eigenvalue weighted by Crippen LogP contribution is 2.24. The lowest BCUT2D eigenvalue weighted by Gasteiger charge is -2.19. The molecule has 1 aromatic carbocycles. The molecule has 0 bridgehead atoms. The van der Waals surface area contributed by atoms with Gasteiger partial charge in [0.15, 0.2) is 5.82 Å². The lowest BCUT2D eigenvalue weighted by atomic mass is 10.2. The van der Waals surface area contributed by atoms with Crippen molar-refractivity contribution in [1.82, 2.24) is 10.2 Å². The summed E-state index contributed by atoms with van der Waals surface area (Å²) >= 11 is 0. The Morgan fingerprint density at radius 1 is 1.24 bits per heavy atom. The third kappa shape index (κ3) is 2.12. The topological polar surface area (TPSA) is 74.8 Å². The normalized spacial score (nSPS) is 12.9. The van der Waals surface area contributed by atoms with Crippen LogP contribution in [0, 0.1) is 0 Å². The van der Waals surface area contributed by atoms with Gasteiger partial charge in [0.1, 0.15) is 0 Å². The van der Waals surface area contributed by atoms with E-state index in [1.807, 2.05) is 24.3 Å². The van der Waals surface area contributed by atoms with E-state index in [1.54, 1.807) is 20.8 Å². The lowest BCUT2D eigenvalue weighted by molar-refractivity contribution is 0.566. The Labute approximate surface area is 100 Å². The second kappa shape index (κ2) is 3.73. The maximum Gasteiger partial charge on any atom is 0.238 e. The van der Waals surface area contributed by atoms with Crippen molar-refractivity contribution >= 4 is 26.7 Å². The molecular weight excluding hydrogens is 238 g/mol. The van der Waals surface area contributed by atoms with Gasteiger partial charge in [-0.15, -0.1) is 0 Å². The van der Waals surface area contributed by atoms with Crippen LogP contribution in [-0.2, 0) is 10.0 Å². The molecule has 6 heteroatoms. The maximum atomic E-state index is 12.0. The molecule has 0 saturated heterocycles. The molecule has 0 aliphatic carbocycles. The van der Waals surface area contributed by atoms with E-state index in [1.165, 1.54) is 0 Å². The van der Waals surface area contributed by atoms with E-state index >= 15 is 0 Å². The molecule has 0 saturated carbocycles. The highest BCUT2D eigenvalue weighted by atomic mass is 32.2. The van der Waals surface area contributed by atoms with Crippen LogP contribution >= 0.6 is 0 Å². The zero-order valence-corrected chi connectivity index (χ0v) is 10.8. The van der Waals surface area contributed by atoms with E-state index < -0.39 is 14.8 Å². The van der Waals surface area contributed by atoms with Crippen LogP contribution in [0.3, 0.4) is 0 Å². The van der Waals surface area contributed by atoms with Gasteiger partial charge >= 0.3 is 0 Å². The Kier molecular flexibility index (Phi) is 2.61. The Bertz CT molecular complexity index is 638. The minimum Gasteiger partial charge on any atom is -0.276 e. The SMILES string of the molecule is CC(C)(C)S(=O)(=O)Nc1n[nH]c2ccccc12. The smallest absolute Gasteiger partial charge is 0.238 e. The number of hydrogen-bond acceptors (Lipinski definition) is 3. The number of anilines is 1. The molecule has 1 aromatic heterocycles. The molecule has 0 radical (unpaired) electrons. The van der Waals surface area contributed by atoms with Crippen LogP contribution in [0.15, 0.2) is 24.3 Å². The van der Waals surface area contributed by atoms with Crippen molar-refractivity contribution < 1.29 is 8.42 Å². The zero-order chi connectivity index (χ0) is 12.7. The highest BCUT2D eigenvalue weighted by molar-refractivity contribution is 7.94. The minimum absolute atomic E-state index is 0.343. The molecule has 17 heavy (non-hydrogen) atoms. The standard InChI is InChI=1S/C11H15N3O2S/c1-11(2,3)17(15,16)14-10-8-6-4-5-7-9(8)12-13-10/h4-7H,1-3H3,(H2,12,13,14). The van der Waals surface area contributed by atoms with E-state index in [-0.39, 0.29) is 0 Å². The van der Waals surface area contributed by atoms with E-state index in [0.29, 0.717) is 5.82 Å². The van der Waals surface area contributed by atoms with Gasteiger partial charge in [0.25, 0.3) is 0 Å². The summed E-state index contributed by atoms with van der Waals surface area (Å²) in [7, 11) is -3.44. The molecule has 0 aliphatic heterocycles. The van der Waals surface area contributed by atoms with Crippen molar-refractivity contribution in [3.63, 3.8) is 0 Å². The molecule has 0 amide bonds. The maximum absolute atomic E-state index is 12.0. The number of rotatable bonds is 2. The number of hydrogen-bond donors (Lipinski definition) is 2. The van der Waals surface area contributed by atoms with Crippen LogP contribution in [-0.4, -0.2) is 23.4 Å². The molecule has 5 nitrogen and oxygen atoms in total. The van der Waals surface area contributed by atoms with E-state index in [4.69, 9.17) is 0 Å². The summed E-state index contributed by atoms with van der Waals surface area (Å²) in [5.41, 5.74) is 0.805. The summed E-state index contributed by atoms with van der Waals surface area (Å²) in [5.74, 6) is 0.343. The van der Waals surface area contributed by atoms with Crippen molar-refractivity contribution in [2.75, 3.05) is 4.72 Å². The van der Waals surface area contributed by atoms with Gasteiger partial charge in [-0.1, -0.05) is 12.1 Å². The molecule has 2 N–H and O–H groups in total. The predicted molar refractivity (Wildman–Crippen MR) is 68.4 cm³/mol. The van der Waals surface area contributed by atoms with Crippen molar-refractivity contribution in [3.8, 4) is 0 Å². The molecule has 1 heterocycles. The second-order valence-electron chi connectivity index (χ2n) is 4.84. The number of fused-ring (bicyclic) bond motifs is 1. The lowest BCUT2D eigenvalue weighted by Crippen LogP contribution is -2.33. The number of H-pyrrole nitrogens is 1. The quantitative estimate of drug-likeness (QED) is 0.860. The fourth-order valence-corrected chi connectivity index (χ4v) is 2.04.